The van der Waals surface area contributed by atoms with Crippen molar-refractivity contribution in [3.05, 3.63) is 0 Å². The van der Waals surface area contributed by atoms with Crippen molar-refractivity contribution in [3.8, 4) is 0 Å². The molecule has 0 N–H and O–H groups in total. The third-order valence-corrected chi connectivity index (χ3v) is 2.06. The van der Waals surface area contributed by atoms with Crippen LogP contribution in [0.5, 0.6) is 0 Å². The third kappa shape index (κ3) is 2.35. The summed E-state index contributed by atoms with van der Waals surface area (Å²) < 4.78 is 5.22. The second-order valence-corrected chi connectivity index (χ2v) is 3.85. The molecular weight excluding hydrogens is 194 g/mol. The van der Waals surface area contributed by atoms with Gasteiger partial charge in [0.15, 0.2) is 6.10 Å². The zero-order chi connectivity index (χ0) is 9.14. The summed E-state index contributed by atoms with van der Waals surface area (Å²) in [6.45, 7) is 0.804. The van der Waals surface area contributed by atoms with E-state index in [1.807, 2.05) is 0 Å². The quantitative estimate of drug-likeness (QED) is 0.508. The summed E-state index contributed by atoms with van der Waals surface area (Å²) in [5, 5.41) is 0. The number of piperidine rings is 1. The van der Waals surface area contributed by atoms with Crippen molar-refractivity contribution in [2.45, 2.75) is 18.9 Å². The summed E-state index contributed by atoms with van der Waals surface area (Å²) in [5.74, 6) is -0.00218. The van der Waals surface area contributed by atoms with E-state index in [4.69, 9.17) is 4.74 Å². The highest BCUT2D eigenvalue weighted by atomic mass is 32.1. The molecule has 1 saturated heterocycles. The fraction of sp³-hybridized carbons (Fsp3) is 0.714. The van der Waals surface area contributed by atoms with Crippen LogP contribution in [0.25, 0.3) is 0 Å². The van der Waals surface area contributed by atoms with Crippen molar-refractivity contribution in [3.63, 3.8) is 0 Å². The monoisotopic (exact) mass is 205 g/mol. The first-order valence-electron chi connectivity index (χ1n) is 3.76. The maximum atomic E-state index is 11.4. The Kier molecular flexibility index (Phi) is 3.34. The van der Waals surface area contributed by atoms with Crippen LogP contribution < -0.4 is 0 Å². The van der Waals surface area contributed by atoms with E-state index in [1.165, 1.54) is 0 Å². The van der Waals surface area contributed by atoms with E-state index < -0.39 is 6.10 Å². The second kappa shape index (κ2) is 4.09. The van der Waals surface area contributed by atoms with Gasteiger partial charge in [-0.15, -0.1) is 0 Å². The molecule has 1 aliphatic rings. The van der Waals surface area contributed by atoms with Crippen LogP contribution >= 0.6 is 24.8 Å². The van der Waals surface area contributed by atoms with Crippen LogP contribution in [0.15, 0.2) is 0 Å². The maximum Gasteiger partial charge on any atom is 0.263 e. The standard InChI is InChI=1S/C7H11NO2S2/c1-8-4-2-3-5(6(8)9)10-7(11)12/h5H,2-4H2,1H3,(H,11,12). The fourth-order valence-corrected chi connectivity index (χ4v) is 1.47. The van der Waals surface area contributed by atoms with Gasteiger partial charge in [0.25, 0.3) is 5.91 Å². The van der Waals surface area contributed by atoms with Crippen LogP contribution in [0, 0.1) is 0 Å². The van der Waals surface area contributed by atoms with Crippen LogP contribution in [-0.4, -0.2) is 34.9 Å². The highest BCUT2D eigenvalue weighted by Crippen LogP contribution is 2.14. The van der Waals surface area contributed by atoms with Crippen molar-refractivity contribution < 1.29 is 9.53 Å². The molecule has 0 aromatic carbocycles. The molecule has 1 atom stereocenters. The molecule has 0 aromatic rings. The Hall–Kier alpha value is -0.290. The van der Waals surface area contributed by atoms with Gasteiger partial charge in [-0.2, -0.15) is 0 Å². The molecular formula is C7H11NO2S2. The maximum absolute atomic E-state index is 11.4. The number of likely N-dealkylation sites (N-methyl/N-ethyl adjacent to an activating group) is 1. The van der Waals surface area contributed by atoms with Crippen LogP contribution in [0.1, 0.15) is 12.8 Å². The lowest BCUT2D eigenvalue weighted by Crippen LogP contribution is -2.43. The second-order valence-electron chi connectivity index (χ2n) is 2.77. The Labute approximate surface area is 82.5 Å². The Morgan fingerprint density at radius 2 is 2.50 bits per heavy atom. The topological polar surface area (TPSA) is 29.5 Å². The van der Waals surface area contributed by atoms with E-state index in [2.05, 4.69) is 24.8 Å². The smallest absolute Gasteiger partial charge is 0.263 e. The molecule has 0 radical (unpaired) electrons. The molecule has 0 aromatic heterocycles. The molecule has 68 valence electrons. The predicted octanol–water partition coefficient (Wildman–Crippen LogP) is 0.838. The zero-order valence-corrected chi connectivity index (χ0v) is 8.53. The van der Waals surface area contributed by atoms with E-state index in [1.54, 1.807) is 11.9 Å². The number of thiol groups is 1. The fourth-order valence-electron chi connectivity index (χ4n) is 1.22. The SMILES string of the molecule is CN1CCCC(OC(=S)S)C1=O. The van der Waals surface area contributed by atoms with Gasteiger partial charge in [-0.05, 0) is 25.1 Å². The largest absolute Gasteiger partial charge is 0.465 e. The molecule has 3 nitrogen and oxygen atoms in total. The third-order valence-electron chi connectivity index (χ3n) is 1.85. The minimum atomic E-state index is -0.409. The Bertz CT molecular complexity index is 208. The molecule has 5 heteroatoms. The lowest BCUT2D eigenvalue weighted by Gasteiger charge is -2.28. The molecule has 1 rings (SSSR count). The zero-order valence-electron chi connectivity index (χ0n) is 6.82. The van der Waals surface area contributed by atoms with E-state index >= 15 is 0 Å². The summed E-state index contributed by atoms with van der Waals surface area (Å²) in [4.78, 5) is 13.0. The first-order valence-corrected chi connectivity index (χ1v) is 4.61. The number of thiocarbonyl (C=S) groups is 1. The van der Waals surface area contributed by atoms with Crippen molar-refractivity contribution in [1.29, 1.82) is 0 Å². The number of hydrogen-bond acceptors (Lipinski definition) is 3. The van der Waals surface area contributed by atoms with Gasteiger partial charge in [0.2, 0.25) is 4.38 Å². The van der Waals surface area contributed by atoms with Crippen LogP contribution in [0.3, 0.4) is 0 Å². The van der Waals surface area contributed by atoms with Crippen LogP contribution in [0.2, 0.25) is 0 Å². The number of carbonyl (C=O) groups is 1. The number of hydrogen-bond donors (Lipinski definition) is 1. The summed E-state index contributed by atoms with van der Waals surface area (Å²) in [6, 6.07) is 0. The molecule has 0 saturated carbocycles. The van der Waals surface area contributed by atoms with Gasteiger partial charge in [-0.25, -0.2) is 0 Å². The average molecular weight is 205 g/mol. The number of ether oxygens (including phenoxy) is 1. The molecule has 1 unspecified atom stereocenters. The van der Waals surface area contributed by atoms with E-state index in [0.29, 0.717) is 0 Å². The normalized spacial score (nSPS) is 24.0. The number of likely N-dealkylation sites (tertiary alicyclic amines) is 1. The molecule has 0 aliphatic carbocycles. The van der Waals surface area contributed by atoms with Crippen molar-refractivity contribution in [2.24, 2.45) is 0 Å². The summed E-state index contributed by atoms with van der Waals surface area (Å²) >= 11 is 8.46. The Morgan fingerprint density at radius 1 is 1.83 bits per heavy atom. The van der Waals surface area contributed by atoms with E-state index in [-0.39, 0.29) is 10.3 Å². The Morgan fingerprint density at radius 3 is 3.08 bits per heavy atom. The molecule has 1 heterocycles. The van der Waals surface area contributed by atoms with E-state index in [9.17, 15) is 4.79 Å². The number of nitrogens with zero attached hydrogens (tertiary/aromatic N) is 1. The van der Waals surface area contributed by atoms with E-state index in [0.717, 1.165) is 19.4 Å². The van der Waals surface area contributed by atoms with Crippen LogP contribution in [-0.2, 0) is 9.53 Å². The number of carbonyl (C=O) groups excluding carboxylic acids is 1. The highest BCUT2D eigenvalue weighted by Gasteiger charge is 2.27. The summed E-state index contributed by atoms with van der Waals surface area (Å²) in [5.41, 5.74) is 0. The number of amides is 1. The van der Waals surface area contributed by atoms with Gasteiger partial charge in [-0.1, -0.05) is 12.6 Å². The van der Waals surface area contributed by atoms with Crippen molar-refractivity contribution in [2.75, 3.05) is 13.6 Å². The first kappa shape index (κ1) is 9.80. The van der Waals surface area contributed by atoms with Crippen LogP contribution in [0.4, 0.5) is 0 Å². The Balaban J connectivity index is 2.52. The minimum Gasteiger partial charge on any atom is -0.465 e. The summed E-state index contributed by atoms with van der Waals surface area (Å²) in [7, 11) is 1.76. The highest BCUT2D eigenvalue weighted by molar-refractivity contribution is 8.10. The lowest BCUT2D eigenvalue weighted by molar-refractivity contribution is -0.140. The molecule has 1 fully saturated rings. The molecule has 12 heavy (non-hydrogen) atoms. The molecule has 1 amide bonds. The minimum absolute atomic E-state index is 0.00218. The lowest BCUT2D eigenvalue weighted by atomic mass is 10.1. The van der Waals surface area contributed by atoms with Gasteiger partial charge in [0, 0.05) is 13.6 Å². The van der Waals surface area contributed by atoms with Crippen molar-refractivity contribution in [1.82, 2.24) is 4.90 Å². The first-order chi connectivity index (χ1) is 5.61. The molecule has 0 bridgehead atoms. The van der Waals surface area contributed by atoms with Crippen molar-refractivity contribution >= 4 is 35.1 Å². The average Bonchev–Trinajstić information content (AvgIpc) is 1.98. The van der Waals surface area contributed by atoms with Gasteiger partial charge >= 0.3 is 0 Å². The molecule has 1 aliphatic heterocycles. The van der Waals surface area contributed by atoms with Gasteiger partial charge < -0.3 is 9.64 Å². The van der Waals surface area contributed by atoms with Gasteiger partial charge in [0.05, 0.1) is 0 Å². The number of rotatable bonds is 1. The summed E-state index contributed by atoms with van der Waals surface area (Å²) in [6.07, 6.45) is 1.29. The molecule has 0 spiro atoms. The van der Waals surface area contributed by atoms with Gasteiger partial charge in [-0.3, -0.25) is 4.79 Å². The van der Waals surface area contributed by atoms with Gasteiger partial charge in [0.1, 0.15) is 0 Å². The predicted molar refractivity (Wildman–Crippen MR) is 53.3 cm³/mol.